The number of fused-ring (bicyclic) bond motifs is 1. The van der Waals surface area contributed by atoms with Crippen LogP contribution in [0.25, 0.3) is 10.2 Å². The maximum Gasteiger partial charge on any atom is 0.270 e. The lowest BCUT2D eigenvalue weighted by Gasteiger charge is -2.40. The zero-order valence-corrected chi connectivity index (χ0v) is 16.4. The first-order valence-electron chi connectivity index (χ1n) is 9.49. The van der Waals surface area contributed by atoms with E-state index in [1.807, 2.05) is 17.0 Å². The van der Waals surface area contributed by atoms with Crippen molar-refractivity contribution >= 4 is 39.1 Å². The van der Waals surface area contributed by atoms with Crippen molar-refractivity contribution in [1.29, 1.82) is 0 Å². The lowest BCUT2D eigenvalue weighted by molar-refractivity contribution is 0.0581. The Morgan fingerprint density at radius 1 is 1.16 bits per heavy atom. The second kappa shape index (κ2) is 7.29. The van der Waals surface area contributed by atoms with Crippen molar-refractivity contribution in [2.75, 3.05) is 26.2 Å². The van der Waals surface area contributed by atoms with Crippen LogP contribution in [0.5, 0.6) is 0 Å². The van der Waals surface area contributed by atoms with Gasteiger partial charge in [-0.2, -0.15) is 0 Å². The molecule has 2 fully saturated rings. The number of rotatable bonds is 3. The van der Waals surface area contributed by atoms with Crippen LogP contribution in [0.15, 0.2) is 12.1 Å². The molecule has 4 heterocycles. The molecule has 0 saturated carbocycles. The number of aryl methyl sites for hydroxylation is 1. The molecule has 136 valence electrons. The predicted octanol–water partition coefficient (Wildman–Crippen LogP) is 4.47. The Morgan fingerprint density at radius 3 is 2.56 bits per heavy atom. The zero-order chi connectivity index (χ0) is 17.4. The summed E-state index contributed by atoms with van der Waals surface area (Å²) in [4.78, 5) is 17.8. The Kier molecular flexibility index (Phi) is 5.07. The quantitative estimate of drug-likeness (QED) is 0.787. The first-order valence-corrected chi connectivity index (χ1v) is 10.7. The Hall–Kier alpha value is -1.04. The highest BCUT2D eigenvalue weighted by atomic mass is 35.5. The zero-order valence-electron chi connectivity index (χ0n) is 14.8. The van der Waals surface area contributed by atoms with Crippen molar-refractivity contribution in [2.24, 2.45) is 0 Å². The van der Waals surface area contributed by atoms with Crippen LogP contribution in [0.2, 0.25) is 4.34 Å². The highest BCUT2D eigenvalue weighted by Crippen LogP contribution is 2.33. The van der Waals surface area contributed by atoms with Crippen LogP contribution in [0.4, 0.5) is 0 Å². The Balaban J connectivity index is 1.46. The van der Waals surface area contributed by atoms with Crippen LogP contribution in [0.1, 0.15) is 49.5 Å². The van der Waals surface area contributed by atoms with Gasteiger partial charge in [0.25, 0.3) is 5.91 Å². The first-order chi connectivity index (χ1) is 12.2. The minimum Gasteiger partial charge on any atom is -0.337 e. The molecule has 0 bridgehead atoms. The number of carbonyl (C=O) groups excluding carboxylic acids is 1. The highest BCUT2D eigenvalue weighted by Gasteiger charge is 2.29. The molecule has 6 heteroatoms. The molecule has 2 aromatic rings. The minimum absolute atomic E-state index is 0.179. The van der Waals surface area contributed by atoms with E-state index in [9.17, 15) is 4.79 Å². The van der Waals surface area contributed by atoms with E-state index < -0.39 is 0 Å². The average molecular weight is 380 g/mol. The van der Waals surface area contributed by atoms with Gasteiger partial charge in [0.15, 0.2) is 0 Å². The van der Waals surface area contributed by atoms with E-state index in [2.05, 4.69) is 16.4 Å². The fourth-order valence-corrected chi connectivity index (χ4v) is 5.59. The second-order valence-electron chi connectivity index (χ2n) is 7.19. The van der Waals surface area contributed by atoms with Gasteiger partial charge in [0.2, 0.25) is 0 Å². The topological polar surface area (TPSA) is 28.5 Å². The third-order valence-corrected chi connectivity index (χ3v) is 6.95. The van der Waals surface area contributed by atoms with E-state index in [4.69, 9.17) is 11.6 Å². The predicted molar refractivity (Wildman–Crippen MR) is 105 cm³/mol. The molecular weight excluding hydrogens is 354 g/mol. The number of carbonyl (C=O) groups is 1. The van der Waals surface area contributed by atoms with Crippen LogP contribution < -0.4 is 0 Å². The number of hydrogen-bond acceptors (Lipinski definition) is 3. The molecule has 2 saturated heterocycles. The molecule has 2 aliphatic rings. The van der Waals surface area contributed by atoms with Gasteiger partial charge in [0.05, 0.1) is 14.6 Å². The molecule has 0 N–H and O–H groups in total. The number of nitrogens with zero attached hydrogens (tertiary/aromatic N) is 3. The lowest BCUT2D eigenvalue weighted by Crippen LogP contribution is -2.48. The van der Waals surface area contributed by atoms with Crippen LogP contribution in [-0.2, 0) is 6.54 Å². The normalized spacial score (nSPS) is 20.5. The van der Waals surface area contributed by atoms with Gasteiger partial charge in [-0.25, -0.2) is 0 Å². The first kappa shape index (κ1) is 17.4. The van der Waals surface area contributed by atoms with Gasteiger partial charge < -0.3 is 14.4 Å². The largest absolute Gasteiger partial charge is 0.337 e. The van der Waals surface area contributed by atoms with Crippen molar-refractivity contribution in [1.82, 2.24) is 14.4 Å². The van der Waals surface area contributed by atoms with Crippen molar-refractivity contribution in [3.8, 4) is 0 Å². The standard InChI is InChI=1S/C19H26ClN3OS/c1-2-23-15-13-18(20)25-17(15)12-16(23)19(24)22-10-6-14(7-11-22)21-8-4-3-5-9-21/h12-14H,2-11H2,1H3. The number of amides is 1. The van der Waals surface area contributed by atoms with Crippen LogP contribution in [-0.4, -0.2) is 52.5 Å². The van der Waals surface area contributed by atoms with E-state index in [1.54, 1.807) is 11.3 Å². The molecular formula is C19H26ClN3OS. The molecule has 0 radical (unpaired) electrons. The summed E-state index contributed by atoms with van der Waals surface area (Å²) in [7, 11) is 0. The van der Waals surface area contributed by atoms with Crippen molar-refractivity contribution < 1.29 is 4.79 Å². The lowest BCUT2D eigenvalue weighted by atomic mass is 10.00. The second-order valence-corrected chi connectivity index (χ2v) is 8.91. The molecule has 2 aromatic heterocycles. The van der Waals surface area contributed by atoms with E-state index in [0.29, 0.717) is 6.04 Å². The number of piperidine rings is 2. The van der Waals surface area contributed by atoms with Crippen LogP contribution >= 0.6 is 22.9 Å². The van der Waals surface area contributed by atoms with Gasteiger partial charge in [0.1, 0.15) is 5.69 Å². The monoisotopic (exact) mass is 379 g/mol. The van der Waals surface area contributed by atoms with E-state index in [0.717, 1.165) is 52.7 Å². The smallest absolute Gasteiger partial charge is 0.270 e. The Labute approximate surface area is 158 Å². The van der Waals surface area contributed by atoms with Crippen molar-refractivity contribution in [2.45, 2.75) is 51.6 Å². The molecule has 4 nitrogen and oxygen atoms in total. The Morgan fingerprint density at radius 2 is 1.88 bits per heavy atom. The van der Waals surface area contributed by atoms with Gasteiger partial charge in [-0.05, 0) is 57.8 Å². The summed E-state index contributed by atoms with van der Waals surface area (Å²) < 4.78 is 4.00. The number of aromatic nitrogens is 1. The van der Waals surface area contributed by atoms with Crippen LogP contribution in [0, 0.1) is 0 Å². The number of halogens is 1. The van der Waals surface area contributed by atoms with Gasteiger partial charge in [0, 0.05) is 25.7 Å². The number of likely N-dealkylation sites (tertiary alicyclic amines) is 2. The number of thiophene rings is 1. The summed E-state index contributed by atoms with van der Waals surface area (Å²) in [6.07, 6.45) is 6.27. The average Bonchev–Trinajstić information content (AvgIpc) is 3.17. The molecule has 0 atom stereocenters. The summed E-state index contributed by atoms with van der Waals surface area (Å²) in [5.41, 5.74) is 1.90. The van der Waals surface area contributed by atoms with E-state index in [1.165, 1.54) is 32.4 Å². The minimum atomic E-state index is 0.179. The molecule has 0 aromatic carbocycles. The fourth-order valence-electron chi connectivity index (χ4n) is 4.41. The molecule has 1 amide bonds. The third kappa shape index (κ3) is 3.34. The van der Waals surface area contributed by atoms with Crippen LogP contribution in [0.3, 0.4) is 0 Å². The third-order valence-electron chi connectivity index (χ3n) is 5.75. The van der Waals surface area contributed by atoms with Crippen molar-refractivity contribution in [3.05, 3.63) is 22.2 Å². The highest BCUT2D eigenvalue weighted by molar-refractivity contribution is 7.22. The van der Waals surface area contributed by atoms with E-state index >= 15 is 0 Å². The summed E-state index contributed by atoms with van der Waals surface area (Å²) >= 11 is 7.68. The molecule has 0 spiro atoms. The summed E-state index contributed by atoms with van der Waals surface area (Å²) in [6.45, 7) is 7.13. The molecule has 0 aliphatic carbocycles. The number of hydrogen-bond donors (Lipinski definition) is 0. The molecule has 0 unspecified atom stereocenters. The summed E-state index contributed by atoms with van der Waals surface area (Å²) in [6, 6.07) is 4.67. The fraction of sp³-hybridized carbons (Fsp3) is 0.632. The maximum absolute atomic E-state index is 13.1. The van der Waals surface area contributed by atoms with Crippen molar-refractivity contribution in [3.63, 3.8) is 0 Å². The molecule has 4 rings (SSSR count). The summed E-state index contributed by atoms with van der Waals surface area (Å²) in [5.74, 6) is 0.179. The van der Waals surface area contributed by atoms with Gasteiger partial charge >= 0.3 is 0 Å². The molecule has 2 aliphatic heterocycles. The Bertz CT molecular complexity index is 754. The van der Waals surface area contributed by atoms with Gasteiger partial charge in [-0.1, -0.05) is 18.0 Å². The van der Waals surface area contributed by atoms with Gasteiger partial charge in [-0.15, -0.1) is 11.3 Å². The van der Waals surface area contributed by atoms with Gasteiger partial charge in [-0.3, -0.25) is 4.79 Å². The molecule has 25 heavy (non-hydrogen) atoms. The SMILES string of the molecule is CCn1c(C(=O)N2CCC(N3CCCCC3)CC2)cc2sc(Cl)cc21. The summed E-state index contributed by atoms with van der Waals surface area (Å²) in [5, 5.41) is 0. The van der Waals surface area contributed by atoms with E-state index in [-0.39, 0.29) is 5.91 Å². The maximum atomic E-state index is 13.1.